The first-order valence-corrected chi connectivity index (χ1v) is 6.10. The van der Waals surface area contributed by atoms with E-state index in [0.29, 0.717) is 5.69 Å². The molecule has 1 unspecified atom stereocenters. The molecule has 1 heterocycles. The van der Waals surface area contributed by atoms with Gasteiger partial charge in [0.15, 0.2) is 0 Å². The lowest BCUT2D eigenvalue weighted by Crippen LogP contribution is -2.34. The summed E-state index contributed by atoms with van der Waals surface area (Å²) in [7, 11) is 0. The maximum absolute atomic E-state index is 11.6. The number of aromatic carboxylic acids is 1. The van der Waals surface area contributed by atoms with Crippen molar-refractivity contribution in [3.8, 4) is 0 Å². The van der Waals surface area contributed by atoms with Gasteiger partial charge in [-0.1, -0.05) is 13.8 Å². The van der Waals surface area contributed by atoms with Gasteiger partial charge in [-0.25, -0.2) is 4.79 Å². The number of nitrogens with two attached hydrogens (primary N) is 1. The second kappa shape index (κ2) is 6.84. The summed E-state index contributed by atoms with van der Waals surface area (Å²) in [5.74, 6) is -0.945. The Morgan fingerprint density at radius 1 is 1.47 bits per heavy atom. The Hall–Kier alpha value is -1.95. The standard InChI is InChI=1S/C13H19N3O3/c1-8(2)11(14)6-12(17)16-7-10-5-9(13(18)19)3-4-15-10/h3-5,8,11H,6-7,14H2,1-2H3,(H,16,17)(H,18,19). The summed E-state index contributed by atoms with van der Waals surface area (Å²) in [6.45, 7) is 4.11. The van der Waals surface area contributed by atoms with Gasteiger partial charge in [-0.15, -0.1) is 0 Å². The molecule has 0 aliphatic carbocycles. The first kappa shape index (κ1) is 15.1. The van der Waals surface area contributed by atoms with E-state index < -0.39 is 5.97 Å². The topological polar surface area (TPSA) is 105 Å². The molecule has 0 fully saturated rings. The Balaban J connectivity index is 2.50. The molecule has 0 aliphatic heterocycles. The maximum Gasteiger partial charge on any atom is 0.335 e. The number of rotatable bonds is 6. The van der Waals surface area contributed by atoms with Crippen LogP contribution in [-0.4, -0.2) is 28.0 Å². The number of carboxylic acids is 1. The van der Waals surface area contributed by atoms with E-state index in [2.05, 4.69) is 10.3 Å². The molecular formula is C13H19N3O3. The highest BCUT2D eigenvalue weighted by Crippen LogP contribution is 2.04. The van der Waals surface area contributed by atoms with Gasteiger partial charge in [0, 0.05) is 18.7 Å². The molecule has 1 rings (SSSR count). The van der Waals surface area contributed by atoms with Crippen LogP contribution in [-0.2, 0) is 11.3 Å². The molecule has 0 aliphatic rings. The van der Waals surface area contributed by atoms with Gasteiger partial charge >= 0.3 is 5.97 Å². The van der Waals surface area contributed by atoms with E-state index in [-0.39, 0.29) is 36.4 Å². The monoisotopic (exact) mass is 265 g/mol. The van der Waals surface area contributed by atoms with Crippen molar-refractivity contribution in [2.24, 2.45) is 11.7 Å². The molecule has 0 radical (unpaired) electrons. The highest BCUT2D eigenvalue weighted by atomic mass is 16.4. The number of hydrogen-bond donors (Lipinski definition) is 3. The normalized spacial score (nSPS) is 12.2. The molecule has 0 bridgehead atoms. The average Bonchev–Trinajstić information content (AvgIpc) is 2.36. The van der Waals surface area contributed by atoms with Crippen molar-refractivity contribution in [2.75, 3.05) is 0 Å². The number of carboxylic acid groups (broad SMARTS) is 1. The van der Waals surface area contributed by atoms with Crippen molar-refractivity contribution >= 4 is 11.9 Å². The molecule has 0 saturated carbocycles. The van der Waals surface area contributed by atoms with E-state index in [1.54, 1.807) is 0 Å². The summed E-state index contributed by atoms with van der Waals surface area (Å²) < 4.78 is 0. The number of carbonyl (C=O) groups is 2. The molecule has 6 heteroatoms. The molecule has 0 spiro atoms. The number of aromatic nitrogens is 1. The van der Waals surface area contributed by atoms with E-state index >= 15 is 0 Å². The zero-order valence-corrected chi connectivity index (χ0v) is 11.1. The molecule has 1 atom stereocenters. The van der Waals surface area contributed by atoms with Crippen LogP contribution in [0, 0.1) is 5.92 Å². The van der Waals surface area contributed by atoms with E-state index in [4.69, 9.17) is 10.8 Å². The van der Waals surface area contributed by atoms with Crippen LogP contribution in [0.5, 0.6) is 0 Å². The Morgan fingerprint density at radius 2 is 2.16 bits per heavy atom. The number of nitrogens with zero attached hydrogens (tertiary/aromatic N) is 1. The Bertz CT molecular complexity index is 460. The predicted octanol–water partition coefficient (Wildman–Crippen LogP) is 0.769. The van der Waals surface area contributed by atoms with Gasteiger partial charge in [-0.05, 0) is 18.1 Å². The lowest BCUT2D eigenvalue weighted by atomic mass is 10.0. The average molecular weight is 265 g/mol. The minimum atomic E-state index is -1.02. The molecular weight excluding hydrogens is 246 g/mol. The Kier molecular flexibility index (Phi) is 5.44. The number of carbonyl (C=O) groups excluding carboxylic acids is 1. The van der Waals surface area contributed by atoms with E-state index in [0.717, 1.165) is 0 Å². The van der Waals surface area contributed by atoms with Crippen molar-refractivity contribution in [1.29, 1.82) is 0 Å². The smallest absolute Gasteiger partial charge is 0.335 e. The summed E-state index contributed by atoms with van der Waals surface area (Å²) in [6, 6.07) is 2.66. The quantitative estimate of drug-likeness (QED) is 0.704. The fourth-order valence-electron chi connectivity index (χ4n) is 1.42. The van der Waals surface area contributed by atoms with Crippen LogP contribution in [0.3, 0.4) is 0 Å². The summed E-state index contributed by atoms with van der Waals surface area (Å²) in [5, 5.41) is 11.5. The third-order valence-electron chi connectivity index (χ3n) is 2.81. The summed E-state index contributed by atoms with van der Waals surface area (Å²) in [4.78, 5) is 26.4. The van der Waals surface area contributed by atoms with Crippen LogP contribution >= 0.6 is 0 Å². The molecule has 0 aromatic carbocycles. The highest BCUT2D eigenvalue weighted by Gasteiger charge is 2.13. The van der Waals surface area contributed by atoms with Crippen LogP contribution in [0.25, 0.3) is 0 Å². The van der Waals surface area contributed by atoms with Crippen LogP contribution in [0.4, 0.5) is 0 Å². The molecule has 1 amide bonds. The van der Waals surface area contributed by atoms with Crippen molar-refractivity contribution < 1.29 is 14.7 Å². The fraction of sp³-hybridized carbons (Fsp3) is 0.462. The largest absolute Gasteiger partial charge is 0.478 e. The van der Waals surface area contributed by atoms with Gasteiger partial charge < -0.3 is 16.2 Å². The van der Waals surface area contributed by atoms with Crippen LogP contribution in [0.15, 0.2) is 18.3 Å². The van der Waals surface area contributed by atoms with Gasteiger partial charge in [0.1, 0.15) is 0 Å². The van der Waals surface area contributed by atoms with Crippen LogP contribution in [0.1, 0.15) is 36.3 Å². The molecule has 6 nitrogen and oxygen atoms in total. The van der Waals surface area contributed by atoms with Gasteiger partial charge in [0.05, 0.1) is 17.8 Å². The summed E-state index contributed by atoms with van der Waals surface area (Å²) >= 11 is 0. The second-order valence-electron chi connectivity index (χ2n) is 4.73. The third kappa shape index (κ3) is 5.05. The van der Waals surface area contributed by atoms with Crippen molar-refractivity contribution in [3.05, 3.63) is 29.6 Å². The maximum atomic E-state index is 11.6. The Labute approximate surface area is 112 Å². The summed E-state index contributed by atoms with van der Waals surface area (Å²) in [5.41, 5.74) is 6.45. The predicted molar refractivity (Wildman–Crippen MR) is 70.5 cm³/mol. The van der Waals surface area contributed by atoms with Crippen molar-refractivity contribution in [2.45, 2.75) is 32.9 Å². The first-order chi connectivity index (χ1) is 8.90. The summed E-state index contributed by atoms with van der Waals surface area (Å²) in [6.07, 6.45) is 1.65. The highest BCUT2D eigenvalue weighted by molar-refractivity contribution is 5.87. The lowest BCUT2D eigenvalue weighted by Gasteiger charge is -2.14. The molecule has 1 aromatic rings. The number of nitrogens with one attached hydrogen (secondary N) is 1. The minimum absolute atomic E-state index is 0.151. The zero-order chi connectivity index (χ0) is 14.4. The van der Waals surface area contributed by atoms with E-state index in [1.807, 2.05) is 13.8 Å². The van der Waals surface area contributed by atoms with Crippen molar-refractivity contribution in [3.63, 3.8) is 0 Å². The number of amides is 1. The Morgan fingerprint density at radius 3 is 2.74 bits per heavy atom. The zero-order valence-electron chi connectivity index (χ0n) is 11.1. The molecule has 4 N–H and O–H groups in total. The van der Waals surface area contributed by atoms with Crippen molar-refractivity contribution in [1.82, 2.24) is 10.3 Å². The molecule has 19 heavy (non-hydrogen) atoms. The van der Waals surface area contributed by atoms with Gasteiger partial charge in [0.2, 0.25) is 5.91 Å². The molecule has 104 valence electrons. The number of hydrogen-bond acceptors (Lipinski definition) is 4. The van der Waals surface area contributed by atoms with Gasteiger partial charge in [-0.3, -0.25) is 9.78 Å². The first-order valence-electron chi connectivity index (χ1n) is 6.10. The van der Waals surface area contributed by atoms with Gasteiger partial charge in [0.25, 0.3) is 0 Å². The van der Waals surface area contributed by atoms with Crippen LogP contribution < -0.4 is 11.1 Å². The lowest BCUT2D eigenvalue weighted by molar-refractivity contribution is -0.121. The van der Waals surface area contributed by atoms with E-state index in [1.165, 1.54) is 18.3 Å². The fourth-order valence-corrected chi connectivity index (χ4v) is 1.42. The SMILES string of the molecule is CC(C)C(N)CC(=O)NCc1cc(C(=O)O)ccn1. The van der Waals surface area contributed by atoms with Crippen LogP contribution in [0.2, 0.25) is 0 Å². The third-order valence-corrected chi connectivity index (χ3v) is 2.81. The van der Waals surface area contributed by atoms with Gasteiger partial charge in [-0.2, -0.15) is 0 Å². The molecule has 1 aromatic heterocycles. The number of pyridine rings is 1. The van der Waals surface area contributed by atoms with E-state index in [9.17, 15) is 9.59 Å². The second-order valence-corrected chi connectivity index (χ2v) is 4.73. The minimum Gasteiger partial charge on any atom is -0.478 e. The molecule has 0 saturated heterocycles.